The summed E-state index contributed by atoms with van der Waals surface area (Å²) in [7, 11) is 1.77. The lowest BCUT2D eigenvalue weighted by Gasteiger charge is -2.32. The number of hydrogen-bond donors (Lipinski definition) is 0. The molecule has 3 rings (SSSR count). The van der Waals surface area contributed by atoms with Crippen LogP contribution in [0.25, 0.3) is 0 Å². The Hall–Kier alpha value is -1.39. The molecule has 0 atom stereocenters. The topological polar surface area (TPSA) is 25.4 Å². The third-order valence-electron chi connectivity index (χ3n) is 4.52. The lowest BCUT2D eigenvalue weighted by atomic mass is 9.89. The van der Waals surface area contributed by atoms with Gasteiger partial charge in [0, 0.05) is 18.3 Å². The van der Waals surface area contributed by atoms with Gasteiger partial charge in [-0.05, 0) is 50.4 Å². The summed E-state index contributed by atoms with van der Waals surface area (Å²) < 4.78 is 5.51. The molecule has 2 heterocycles. The van der Waals surface area contributed by atoms with Crippen LogP contribution in [-0.4, -0.2) is 36.6 Å². The Morgan fingerprint density at radius 1 is 1.27 bits per heavy atom. The van der Waals surface area contributed by atoms with E-state index in [1.807, 2.05) is 6.07 Å². The van der Waals surface area contributed by atoms with Crippen molar-refractivity contribution in [3.8, 4) is 5.75 Å². The Morgan fingerprint density at radius 3 is 2.73 bits per heavy atom. The van der Waals surface area contributed by atoms with Crippen molar-refractivity contribution < 1.29 is 4.74 Å². The van der Waals surface area contributed by atoms with Gasteiger partial charge in [0.15, 0.2) is 0 Å². The second kappa shape index (κ2) is 7.25. The minimum absolute atomic E-state index is 0.633. The van der Waals surface area contributed by atoms with E-state index in [4.69, 9.17) is 4.74 Å². The highest BCUT2D eigenvalue weighted by Crippen LogP contribution is 2.33. The average Bonchev–Trinajstić information content (AvgIpc) is 2.99. The molecule has 0 N–H and O–H groups in total. The number of para-hydroxylation sites is 1. The molecule has 1 aromatic heterocycles. The number of aromatic nitrogens is 1. The monoisotopic (exact) mass is 316 g/mol. The second-order valence-electron chi connectivity index (χ2n) is 5.97. The van der Waals surface area contributed by atoms with Gasteiger partial charge in [0.25, 0.3) is 0 Å². The normalized spacial score (nSPS) is 16.8. The number of benzene rings is 1. The van der Waals surface area contributed by atoms with Crippen LogP contribution in [0.2, 0.25) is 0 Å². The summed E-state index contributed by atoms with van der Waals surface area (Å²) in [5.41, 5.74) is 2.62. The molecule has 1 fully saturated rings. The van der Waals surface area contributed by atoms with Gasteiger partial charge < -0.3 is 9.64 Å². The molecule has 118 valence electrons. The van der Waals surface area contributed by atoms with Gasteiger partial charge in [0.05, 0.1) is 17.8 Å². The first-order valence-corrected chi connectivity index (χ1v) is 8.90. The van der Waals surface area contributed by atoms with Crippen LogP contribution < -0.4 is 4.74 Å². The lowest BCUT2D eigenvalue weighted by molar-refractivity contribution is 0.212. The van der Waals surface area contributed by atoms with Crippen molar-refractivity contribution in [2.45, 2.75) is 32.1 Å². The zero-order chi connectivity index (χ0) is 15.4. The molecule has 0 aliphatic carbocycles. The molecule has 4 heteroatoms. The Balaban J connectivity index is 1.52. The van der Waals surface area contributed by atoms with Gasteiger partial charge in [-0.3, -0.25) is 0 Å². The van der Waals surface area contributed by atoms with Gasteiger partial charge in [-0.2, -0.15) is 0 Å². The van der Waals surface area contributed by atoms with Gasteiger partial charge in [-0.1, -0.05) is 18.2 Å². The number of likely N-dealkylation sites (tertiary alicyclic amines) is 1. The molecule has 0 saturated carbocycles. The molecule has 1 aromatic carbocycles. The zero-order valence-electron chi connectivity index (χ0n) is 13.4. The summed E-state index contributed by atoms with van der Waals surface area (Å²) in [6.07, 6.45) is 3.51. The lowest BCUT2D eigenvalue weighted by Crippen LogP contribution is -2.34. The SMILES string of the molecule is COc1ccccc1C1CCN(CCc2csc(C)n2)CC1. The fourth-order valence-corrected chi connectivity index (χ4v) is 3.91. The molecule has 1 saturated heterocycles. The molecule has 0 spiro atoms. The van der Waals surface area contributed by atoms with Crippen LogP contribution in [0.1, 0.15) is 35.0 Å². The number of thiazole rings is 1. The number of nitrogens with zero attached hydrogens (tertiary/aromatic N) is 2. The molecular weight excluding hydrogens is 292 g/mol. The second-order valence-corrected chi connectivity index (χ2v) is 7.03. The predicted octanol–water partition coefficient (Wildman–Crippen LogP) is 3.88. The third kappa shape index (κ3) is 3.68. The van der Waals surface area contributed by atoms with Crippen molar-refractivity contribution >= 4 is 11.3 Å². The van der Waals surface area contributed by atoms with Crippen LogP contribution in [0, 0.1) is 6.92 Å². The maximum atomic E-state index is 5.51. The third-order valence-corrected chi connectivity index (χ3v) is 5.34. The van der Waals surface area contributed by atoms with Crippen molar-refractivity contribution in [2.75, 3.05) is 26.7 Å². The van der Waals surface area contributed by atoms with Crippen molar-refractivity contribution in [1.29, 1.82) is 0 Å². The summed E-state index contributed by atoms with van der Waals surface area (Å²) >= 11 is 1.75. The zero-order valence-corrected chi connectivity index (χ0v) is 14.2. The molecule has 1 aliphatic heterocycles. The minimum Gasteiger partial charge on any atom is -0.496 e. The van der Waals surface area contributed by atoms with Crippen molar-refractivity contribution in [3.05, 3.63) is 45.9 Å². The number of aryl methyl sites for hydroxylation is 1. The van der Waals surface area contributed by atoms with E-state index in [9.17, 15) is 0 Å². The summed E-state index contributed by atoms with van der Waals surface area (Å²) in [5.74, 6) is 1.67. The highest BCUT2D eigenvalue weighted by molar-refractivity contribution is 7.09. The van der Waals surface area contributed by atoms with Crippen LogP contribution in [0.5, 0.6) is 5.75 Å². The van der Waals surface area contributed by atoms with E-state index in [2.05, 4.69) is 40.4 Å². The van der Waals surface area contributed by atoms with Crippen LogP contribution >= 0.6 is 11.3 Å². The Bertz CT molecular complexity index is 603. The first-order valence-electron chi connectivity index (χ1n) is 8.02. The highest BCUT2D eigenvalue weighted by Gasteiger charge is 2.22. The van der Waals surface area contributed by atoms with E-state index < -0.39 is 0 Å². The van der Waals surface area contributed by atoms with Crippen molar-refractivity contribution in [3.63, 3.8) is 0 Å². The smallest absolute Gasteiger partial charge is 0.122 e. The van der Waals surface area contributed by atoms with E-state index in [1.165, 1.54) is 42.2 Å². The molecular formula is C18H24N2OS. The number of piperidine rings is 1. The Kier molecular flexibility index (Phi) is 5.11. The van der Waals surface area contributed by atoms with Gasteiger partial charge in [-0.15, -0.1) is 11.3 Å². The average molecular weight is 316 g/mol. The minimum atomic E-state index is 0.633. The summed E-state index contributed by atoms with van der Waals surface area (Å²) in [6, 6.07) is 8.46. The van der Waals surface area contributed by atoms with Gasteiger partial charge in [0.2, 0.25) is 0 Å². The Morgan fingerprint density at radius 2 is 2.05 bits per heavy atom. The van der Waals surface area contributed by atoms with Crippen LogP contribution in [0.15, 0.2) is 29.6 Å². The van der Waals surface area contributed by atoms with E-state index in [0.717, 1.165) is 18.7 Å². The van der Waals surface area contributed by atoms with Crippen LogP contribution in [0.4, 0.5) is 0 Å². The van der Waals surface area contributed by atoms with Crippen molar-refractivity contribution in [1.82, 2.24) is 9.88 Å². The molecule has 22 heavy (non-hydrogen) atoms. The summed E-state index contributed by atoms with van der Waals surface area (Å²) in [5, 5.41) is 3.36. The van der Waals surface area contributed by atoms with E-state index in [0.29, 0.717) is 5.92 Å². The van der Waals surface area contributed by atoms with Crippen molar-refractivity contribution in [2.24, 2.45) is 0 Å². The van der Waals surface area contributed by atoms with Crippen LogP contribution in [0.3, 0.4) is 0 Å². The van der Waals surface area contributed by atoms with Gasteiger partial charge in [-0.25, -0.2) is 4.98 Å². The number of hydrogen-bond acceptors (Lipinski definition) is 4. The quantitative estimate of drug-likeness (QED) is 0.837. The summed E-state index contributed by atoms with van der Waals surface area (Å²) in [6.45, 7) is 5.55. The fraction of sp³-hybridized carbons (Fsp3) is 0.500. The molecule has 0 bridgehead atoms. The van der Waals surface area contributed by atoms with Gasteiger partial charge >= 0.3 is 0 Å². The summed E-state index contributed by atoms with van der Waals surface area (Å²) in [4.78, 5) is 7.13. The molecule has 0 unspecified atom stereocenters. The number of ether oxygens (including phenoxy) is 1. The number of rotatable bonds is 5. The fourth-order valence-electron chi connectivity index (χ4n) is 3.27. The van der Waals surface area contributed by atoms with E-state index >= 15 is 0 Å². The molecule has 0 amide bonds. The highest BCUT2D eigenvalue weighted by atomic mass is 32.1. The molecule has 2 aromatic rings. The predicted molar refractivity (Wildman–Crippen MR) is 92.0 cm³/mol. The number of methoxy groups -OCH3 is 1. The first kappa shape index (κ1) is 15.5. The van der Waals surface area contributed by atoms with Crippen LogP contribution in [-0.2, 0) is 6.42 Å². The Labute approximate surface area is 137 Å². The molecule has 0 radical (unpaired) electrons. The van der Waals surface area contributed by atoms with Gasteiger partial charge in [0.1, 0.15) is 5.75 Å². The first-order chi connectivity index (χ1) is 10.8. The molecule has 3 nitrogen and oxygen atoms in total. The molecule has 1 aliphatic rings. The maximum Gasteiger partial charge on any atom is 0.122 e. The van der Waals surface area contributed by atoms with E-state index in [1.54, 1.807) is 18.4 Å². The largest absolute Gasteiger partial charge is 0.496 e. The standard InChI is InChI=1S/C18H24N2OS/c1-14-19-16(13-22-14)9-12-20-10-7-15(8-11-20)17-5-3-4-6-18(17)21-2/h3-6,13,15H,7-12H2,1-2H3. The maximum absolute atomic E-state index is 5.51. The van der Waals surface area contributed by atoms with E-state index in [-0.39, 0.29) is 0 Å².